The highest BCUT2D eigenvalue weighted by atomic mass is 79.9. The van der Waals surface area contributed by atoms with Gasteiger partial charge in [0.25, 0.3) is 0 Å². The van der Waals surface area contributed by atoms with Crippen LogP contribution in [0.5, 0.6) is 5.75 Å². The summed E-state index contributed by atoms with van der Waals surface area (Å²) in [4.78, 5) is 26.8. The molecule has 0 fully saturated rings. The van der Waals surface area contributed by atoms with Crippen molar-refractivity contribution in [1.82, 2.24) is 0 Å². The Labute approximate surface area is 216 Å². The van der Waals surface area contributed by atoms with Crippen LogP contribution in [0.25, 0.3) is 0 Å². The minimum atomic E-state index is -5.17. The lowest BCUT2D eigenvalue weighted by Gasteiger charge is -2.36. The monoisotopic (exact) mass is 585 g/mol. The van der Waals surface area contributed by atoms with E-state index in [9.17, 15) is 28.0 Å². The number of ether oxygens (including phenoxy) is 3. The Hall–Kier alpha value is -3.69. The Morgan fingerprint density at radius 2 is 1.75 bits per heavy atom. The van der Waals surface area contributed by atoms with Gasteiger partial charge in [-0.1, -0.05) is 57.9 Å². The number of nitrogens with two attached hydrogens (primary N) is 1. The van der Waals surface area contributed by atoms with E-state index in [1.807, 2.05) is 6.07 Å². The molecular formula is C23H16BrClF3N3O5. The Kier molecular flexibility index (Phi) is 7.86. The molecule has 188 valence electrons. The van der Waals surface area contributed by atoms with Crippen LogP contribution < -0.4 is 15.4 Å². The molecule has 3 rings (SSSR count). The lowest BCUT2D eigenvalue weighted by molar-refractivity contribution is -0.274. The summed E-state index contributed by atoms with van der Waals surface area (Å²) in [6.07, 6.45) is -5.17. The van der Waals surface area contributed by atoms with Gasteiger partial charge in [-0.2, -0.15) is 5.26 Å². The van der Waals surface area contributed by atoms with Crippen LogP contribution in [-0.2, 0) is 19.1 Å². The van der Waals surface area contributed by atoms with Gasteiger partial charge in [0.05, 0.1) is 42.4 Å². The van der Waals surface area contributed by atoms with Gasteiger partial charge in [-0.3, -0.25) is 4.90 Å². The number of methoxy groups -OCH3 is 2. The first-order valence-electron chi connectivity index (χ1n) is 9.85. The molecule has 0 amide bonds. The molecule has 0 aliphatic carbocycles. The Morgan fingerprint density at radius 3 is 2.28 bits per heavy atom. The van der Waals surface area contributed by atoms with Gasteiger partial charge in [-0.05, 0) is 17.7 Å². The van der Waals surface area contributed by atoms with E-state index in [0.29, 0.717) is 5.56 Å². The number of benzene rings is 2. The minimum absolute atomic E-state index is 0.106. The second-order valence-corrected chi connectivity index (χ2v) is 8.44. The van der Waals surface area contributed by atoms with Crippen molar-refractivity contribution >= 4 is 45.2 Å². The number of carbonyl (C=O) groups is 2. The molecule has 2 N–H and O–H groups in total. The van der Waals surface area contributed by atoms with Crippen LogP contribution in [0.3, 0.4) is 0 Å². The van der Waals surface area contributed by atoms with Crippen molar-refractivity contribution in [2.24, 2.45) is 5.73 Å². The number of esters is 2. The van der Waals surface area contributed by atoms with E-state index in [1.165, 1.54) is 6.07 Å². The van der Waals surface area contributed by atoms with Gasteiger partial charge in [-0.25, -0.2) is 9.59 Å². The van der Waals surface area contributed by atoms with Gasteiger partial charge < -0.3 is 19.9 Å². The zero-order chi connectivity index (χ0) is 26.8. The molecule has 0 bridgehead atoms. The average molecular weight is 587 g/mol. The highest BCUT2D eigenvalue weighted by Crippen LogP contribution is 2.49. The normalized spacial score (nSPS) is 15.9. The molecule has 0 saturated carbocycles. The van der Waals surface area contributed by atoms with Crippen LogP contribution in [0, 0.1) is 11.3 Å². The third-order valence-electron chi connectivity index (χ3n) is 5.05. The van der Waals surface area contributed by atoms with Gasteiger partial charge in [0.2, 0.25) is 0 Å². The Balaban J connectivity index is 2.49. The van der Waals surface area contributed by atoms with Gasteiger partial charge in [-0.15, -0.1) is 13.2 Å². The molecule has 0 saturated heterocycles. The second kappa shape index (κ2) is 10.5. The molecule has 1 aliphatic heterocycles. The first-order chi connectivity index (χ1) is 16.9. The van der Waals surface area contributed by atoms with E-state index in [2.05, 4.69) is 20.7 Å². The van der Waals surface area contributed by atoms with E-state index < -0.39 is 52.7 Å². The van der Waals surface area contributed by atoms with Crippen LogP contribution >= 0.6 is 27.5 Å². The number of carbonyl (C=O) groups excluding carboxylic acids is 2. The molecule has 1 aliphatic rings. The number of alkyl halides is 3. The van der Waals surface area contributed by atoms with Gasteiger partial charge in [0.15, 0.2) is 5.75 Å². The Morgan fingerprint density at radius 1 is 1.14 bits per heavy atom. The zero-order valence-corrected chi connectivity index (χ0v) is 20.9. The highest BCUT2D eigenvalue weighted by Gasteiger charge is 2.45. The zero-order valence-electron chi connectivity index (χ0n) is 18.5. The summed E-state index contributed by atoms with van der Waals surface area (Å²) >= 11 is 9.35. The van der Waals surface area contributed by atoms with E-state index in [4.69, 9.17) is 26.8 Å². The number of allylic oxidation sites excluding steroid dienone is 1. The van der Waals surface area contributed by atoms with E-state index in [0.717, 1.165) is 25.2 Å². The maximum Gasteiger partial charge on any atom is 0.573 e. The fourth-order valence-corrected chi connectivity index (χ4v) is 4.57. The predicted octanol–water partition coefficient (Wildman–Crippen LogP) is 4.90. The molecule has 0 aromatic heterocycles. The van der Waals surface area contributed by atoms with Crippen LogP contribution in [0.2, 0.25) is 5.02 Å². The van der Waals surface area contributed by atoms with Crippen molar-refractivity contribution in [3.63, 3.8) is 0 Å². The molecule has 2 aromatic carbocycles. The molecule has 0 radical (unpaired) electrons. The van der Waals surface area contributed by atoms with Crippen molar-refractivity contribution < 1.29 is 37.0 Å². The lowest BCUT2D eigenvalue weighted by atomic mass is 9.81. The molecular weight excluding hydrogens is 571 g/mol. The van der Waals surface area contributed by atoms with Crippen LogP contribution in [0.1, 0.15) is 11.5 Å². The fraction of sp³-hybridized carbons (Fsp3) is 0.174. The van der Waals surface area contributed by atoms with Crippen LogP contribution in [0.15, 0.2) is 69.6 Å². The van der Waals surface area contributed by atoms with Gasteiger partial charge in [0, 0.05) is 4.47 Å². The van der Waals surface area contributed by atoms with E-state index in [1.54, 1.807) is 30.3 Å². The van der Waals surface area contributed by atoms with Crippen molar-refractivity contribution in [3.8, 4) is 11.8 Å². The molecule has 8 nitrogen and oxygen atoms in total. The minimum Gasteiger partial charge on any atom is -0.466 e. The number of rotatable bonds is 5. The summed E-state index contributed by atoms with van der Waals surface area (Å²) in [6.45, 7) is 0. The van der Waals surface area contributed by atoms with E-state index in [-0.39, 0.29) is 15.1 Å². The van der Waals surface area contributed by atoms with Gasteiger partial charge in [0.1, 0.15) is 17.2 Å². The third kappa shape index (κ3) is 5.12. The number of halogens is 5. The number of hydrogen-bond donors (Lipinski definition) is 1. The quantitative estimate of drug-likeness (QED) is 0.492. The molecule has 0 spiro atoms. The summed E-state index contributed by atoms with van der Waals surface area (Å²) in [7, 11) is 2.03. The molecule has 13 heteroatoms. The average Bonchev–Trinajstić information content (AvgIpc) is 2.82. The molecule has 36 heavy (non-hydrogen) atoms. The topological polar surface area (TPSA) is 115 Å². The predicted molar refractivity (Wildman–Crippen MR) is 125 cm³/mol. The van der Waals surface area contributed by atoms with Crippen molar-refractivity contribution in [1.29, 1.82) is 5.26 Å². The third-order valence-corrected chi connectivity index (χ3v) is 5.80. The molecule has 1 atom stereocenters. The Bertz CT molecular complexity index is 1320. The number of hydrogen-bond acceptors (Lipinski definition) is 8. The second-order valence-electron chi connectivity index (χ2n) is 7.12. The molecule has 1 unspecified atom stereocenters. The number of nitrogens with zero attached hydrogens (tertiary/aromatic N) is 2. The first kappa shape index (κ1) is 26.9. The SMILES string of the molecule is COC(=O)C1=C(C(=O)OC)N(c2c(Cl)cc(Br)cc2OC(F)(F)F)C(N)=C(C#N)C1c1ccccc1. The summed E-state index contributed by atoms with van der Waals surface area (Å²) in [5.74, 6) is -4.77. The highest BCUT2D eigenvalue weighted by molar-refractivity contribution is 9.10. The summed E-state index contributed by atoms with van der Waals surface area (Å²) in [5.41, 5.74) is 4.86. The largest absolute Gasteiger partial charge is 0.573 e. The van der Waals surface area contributed by atoms with Crippen molar-refractivity contribution in [3.05, 3.63) is 80.2 Å². The standard InChI is InChI=1S/C23H16BrClF3N3O5/c1-34-21(32)17-16(11-6-4-3-5-7-11)13(10-29)20(30)31(19(17)22(33)35-2)18-14(25)8-12(24)9-15(18)36-23(26,27)28/h3-9,16H,30H2,1-2H3. The fourth-order valence-electron chi connectivity index (χ4n) is 3.71. The van der Waals surface area contributed by atoms with Crippen LogP contribution in [0.4, 0.5) is 18.9 Å². The number of anilines is 1. The first-order valence-corrected chi connectivity index (χ1v) is 11.0. The van der Waals surface area contributed by atoms with Crippen LogP contribution in [-0.4, -0.2) is 32.5 Å². The summed E-state index contributed by atoms with van der Waals surface area (Å²) in [6, 6.07) is 12.1. The van der Waals surface area contributed by atoms with E-state index >= 15 is 0 Å². The summed E-state index contributed by atoms with van der Waals surface area (Å²) in [5, 5.41) is 9.67. The lowest BCUT2D eigenvalue weighted by Crippen LogP contribution is -2.41. The maximum atomic E-state index is 13.3. The van der Waals surface area contributed by atoms with Gasteiger partial charge >= 0.3 is 18.3 Å². The van der Waals surface area contributed by atoms with Crippen molar-refractivity contribution in [2.45, 2.75) is 12.3 Å². The maximum absolute atomic E-state index is 13.3. The number of nitriles is 1. The molecule has 2 aromatic rings. The van der Waals surface area contributed by atoms with Crippen molar-refractivity contribution in [2.75, 3.05) is 19.1 Å². The summed E-state index contributed by atoms with van der Waals surface area (Å²) < 4.78 is 53.8. The molecule has 1 heterocycles. The smallest absolute Gasteiger partial charge is 0.466 e.